The van der Waals surface area contributed by atoms with Crippen molar-refractivity contribution in [2.45, 2.75) is 38.5 Å². The van der Waals surface area contributed by atoms with Crippen LogP contribution in [0.15, 0.2) is 309 Å². The minimum atomic E-state index is -0.235. The molecule has 0 fully saturated rings. The highest BCUT2D eigenvalue weighted by Crippen LogP contribution is 2.57. The Morgan fingerprint density at radius 3 is 1.06 bits per heavy atom. The van der Waals surface area contributed by atoms with E-state index in [-0.39, 0.29) is 10.8 Å². The highest BCUT2D eigenvalue weighted by molar-refractivity contribution is 6.17. The van der Waals surface area contributed by atoms with Crippen molar-refractivity contribution < 1.29 is 17.7 Å². The largest absolute Gasteiger partial charge is 0.456 e. The quantitative estimate of drug-likeness (QED) is 0.151. The van der Waals surface area contributed by atoms with Crippen LogP contribution in [0.1, 0.15) is 49.9 Å². The summed E-state index contributed by atoms with van der Waals surface area (Å²) in [5.41, 5.74) is 23.3. The van der Waals surface area contributed by atoms with Crippen LogP contribution in [0.25, 0.3) is 154 Å². The van der Waals surface area contributed by atoms with Gasteiger partial charge in [0.15, 0.2) is 0 Å². The summed E-state index contributed by atoms with van der Waals surface area (Å²) in [6, 6.07) is 106. The van der Waals surface area contributed by atoms with Crippen molar-refractivity contribution >= 4 is 143 Å². The fourth-order valence-corrected chi connectivity index (χ4v) is 16.9. The molecule has 2 aliphatic carbocycles. The minimum Gasteiger partial charge on any atom is -0.456 e. The van der Waals surface area contributed by atoms with Crippen LogP contribution in [0.4, 0.5) is 34.1 Å². The van der Waals surface area contributed by atoms with Gasteiger partial charge in [0.25, 0.3) is 0 Å². The molecule has 0 saturated heterocycles. The van der Waals surface area contributed by atoms with Crippen LogP contribution in [0, 0.1) is 0 Å². The molecule has 0 saturated carbocycles. The highest BCUT2D eigenvalue weighted by atomic mass is 16.3. The number of hydrogen-bond donors (Lipinski definition) is 0. The van der Waals surface area contributed by atoms with Crippen molar-refractivity contribution in [1.82, 2.24) is 0 Å². The number of rotatable bonds is 8. The smallest absolute Gasteiger partial charge is 0.137 e. The van der Waals surface area contributed by atoms with Gasteiger partial charge < -0.3 is 27.5 Å². The zero-order valence-corrected chi connectivity index (χ0v) is 54.2. The Morgan fingerprint density at radius 1 is 0.235 bits per heavy atom. The molecule has 0 unspecified atom stereocenters. The second-order valence-electron chi connectivity index (χ2n) is 27.9. The SMILES string of the molecule is CC1(C)c2ccccc2-c2c1cc(N(c1ccc3cc(-c4cc5ccccc5o4)ccc3c1)c1ccc3c(c1)oc1cc4c(cc13)oc1cc(N(c3ccc5cc(-c6cc7ccccc7o6)ccc5c3)c3cc5c(c6ccccc36)-c3ccccc3C5(C)C)ccc14)c1ccccc21. The van der Waals surface area contributed by atoms with E-state index in [1.165, 1.54) is 66.1 Å². The number of fused-ring (bicyclic) bond motifs is 20. The lowest BCUT2D eigenvalue weighted by atomic mass is 9.81. The lowest BCUT2D eigenvalue weighted by Gasteiger charge is -2.30. The second kappa shape index (κ2) is 20.1. The lowest BCUT2D eigenvalue weighted by Crippen LogP contribution is -2.17. The van der Waals surface area contributed by atoms with E-state index < -0.39 is 0 Å². The Hall–Kier alpha value is -12.4. The maximum atomic E-state index is 7.11. The predicted octanol–water partition coefficient (Wildman–Crippen LogP) is 26.5. The molecule has 0 aliphatic heterocycles. The zero-order chi connectivity index (χ0) is 64.9. The summed E-state index contributed by atoms with van der Waals surface area (Å²) in [5, 5.41) is 15.5. The zero-order valence-electron chi connectivity index (χ0n) is 54.2. The van der Waals surface area contributed by atoms with Gasteiger partial charge in [-0.05, 0) is 186 Å². The number of benzene rings is 15. The van der Waals surface area contributed by atoms with Crippen LogP contribution in [0.3, 0.4) is 0 Å². The molecular weight excluding hydrogens is 1200 g/mol. The summed E-state index contributed by atoms with van der Waals surface area (Å²) in [6.07, 6.45) is 0. The molecule has 4 heterocycles. The van der Waals surface area contributed by atoms with Gasteiger partial charge in [-0.25, -0.2) is 0 Å². The number of nitrogens with zero attached hydrogens (tertiary/aromatic N) is 2. The van der Waals surface area contributed by atoms with E-state index in [4.69, 9.17) is 17.7 Å². The Bertz CT molecular complexity index is 6200. The molecular formula is C92H60N2O4. The van der Waals surface area contributed by atoms with E-state index in [0.717, 1.165) is 144 Å². The molecule has 2 aliphatic rings. The van der Waals surface area contributed by atoms with Gasteiger partial charge in [-0.2, -0.15) is 0 Å². The first kappa shape index (κ1) is 55.0. The van der Waals surface area contributed by atoms with Crippen molar-refractivity contribution in [3.63, 3.8) is 0 Å². The summed E-state index contributed by atoms with van der Waals surface area (Å²) >= 11 is 0. The van der Waals surface area contributed by atoms with E-state index in [9.17, 15) is 0 Å². The molecule has 0 atom stereocenters. The van der Waals surface area contributed by atoms with Crippen molar-refractivity contribution in [1.29, 1.82) is 0 Å². The third-order valence-electron chi connectivity index (χ3n) is 21.7. The van der Waals surface area contributed by atoms with Crippen molar-refractivity contribution in [3.05, 3.63) is 313 Å². The molecule has 0 bridgehead atoms. The van der Waals surface area contributed by atoms with Gasteiger partial charge in [0.05, 0.1) is 11.4 Å². The van der Waals surface area contributed by atoms with Gasteiger partial charge in [0.2, 0.25) is 0 Å². The molecule has 0 spiro atoms. The van der Waals surface area contributed by atoms with Gasteiger partial charge in [-0.3, -0.25) is 0 Å². The molecule has 21 rings (SSSR count). The van der Waals surface area contributed by atoms with Gasteiger partial charge in [-0.15, -0.1) is 0 Å². The van der Waals surface area contributed by atoms with E-state index in [0.29, 0.717) is 0 Å². The first-order valence-corrected chi connectivity index (χ1v) is 33.8. The molecule has 0 amide bonds. The fourth-order valence-electron chi connectivity index (χ4n) is 16.9. The van der Waals surface area contributed by atoms with Crippen LogP contribution < -0.4 is 9.80 Å². The van der Waals surface area contributed by atoms with Crippen molar-refractivity contribution in [3.8, 4) is 44.9 Å². The molecule has 0 N–H and O–H groups in total. The van der Waals surface area contributed by atoms with E-state index in [2.05, 4.69) is 304 Å². The molecule has 462 valence electrons. The topological polar surface area (TPSA) is 59.0 Å². The first-order valence-electron chi connectivity index (χ1n) is 33.8. The summed E-state index contributed by atoms with van der Waals surface area (Å²) in [5.74, 6) is 1.71. The third kappa shape index (κ3) is 7.97. The number of anilines is 6. The van der Waals surface area contributed by atoms with Crippen LogP contribution in [-0.4, -0.2) is 0 Å². The van der Waals surface area contributed by atoms with Crippen LogP contribution >= 0.6 is 0 Å². The number of furan rings is 4. The monoisotopic (exact) mass is 1260 g/mol. The van der Waals surface area contributed by atoms with Crippen LogP contribution in [0.5, 0.6) is 0 Å². The van der Waals surface area contributed by atoms with Gasteiger partial charge >= 0.3 is 0 Å². The summed E-state index contributed by atoms with van der Waals surface area (Å²) < 4.78 is 27.0. The van der Waals surface area contributed by atoms with Crippen LogP contribution in [-0.2, 0) is 10.8 Å². The highest BCUT2D eigenvalue weighted by Gasteiger charge is 2.40. The molecule has 6 heteroatoms. The number of hydrogen-bond acceptors (Lipinski definition) is 6. The van der Waals surface area contributed by atoms with E-state index >= 15 is 0 Å². The molecule has 6 nitrogen and oxygen atoms in total. The lowest BCUT2D eigenvalue weighted by molar-refractivity contribution is 0.631. The van der Waals surface area contributed by atoms with Gasteiger partial charge in [0, 0.05) is 99.9 Å². The minimum absolute atomic E-state index is 0.235. The average Bonchev–Trinajstić information content (AvgIpc) is 1.52. The summed E-state index contributed by atoms with van der Waals surface area (Å²) in [7, 11) is 0. The van der Waals surface area contributed by atoms with Gasteiger partial charge in [-0.1, -0.05) is 198 Å². The Kier molecular flexibility index (Phi) is 11.3. The third-order valence-corrected chi connectivity index (χ3v) is 21.7. The maximum Gasteiger partial charge on any atom is 0.137 e. The predicted molar refractivity (Wildman–Crippen MR) is 406 cm³/mol. The summed E-state index contributed by atoms with van der Waals surface area (Å²) in [6.45, 7) is 9.47. The van der Waals surface area contributed by atoms with Crippen molar-refractivity contribution in [2.75, 3.05) is 9.80 Å². The molecule has 15 aromatic carbocycles. The average molecular weight is 1260 g/mol. The fraction of sp³-hybridized carbons (Fsp3) is 0.0652. The molecule has 4 aromatic heterocycles. The molecule has 98 heavy (non-hydrogen) atoms. The summed E-state index contributed by atoms with van der Waals surface area (Å²) in [4.78, 5) is 4.87. The maximum absolute atomic E-state index is 7.11. The molecule has 19 aromatic rings. The second-order valence-corrected chi connectivity index (χ2v) is 27.9. The van der Waals surface area contributed by atoms with E-state index in [1.807, 2.05) is 24.3 Å². The van der Waals surface area contributed by atoms with Gasteiger partial charge in [0.1, 0.15) is 45.0 Å². The standard InChI is InChI=1S/C92H60N2O4/c1-91(2)75-25-13-11-23-71(75)89-69-21-9-7-19-65(69)79(51-77(89)91)93(61-35-33-53-41-59(31-29-55(53)43-61)83-45-57-17-5-15-27-81(57)95-83)63-37-39-67-73-49-88-74(50-87(73)97-85(67)47-63)68-40-38-64(48-86(68)98-88)94(62-36-34-54-42-60(32-30-56(54)44-62)84-46-58-18-6-16-28-82(58)96-84)80-52-78-90(70-22-10-8-20-66(70)80)72-24-12-14-26-76(72)92(78,3)4/h5-52H,1-4H3. The number of para-hydroxylation sites is 2. The van der Waals surface area contributed by atoms with E-state index in [1.54, 1.807) is 0 Å². The molecule has 0 radical (unpaired) electrons. The van der Waals surface area contributed by atoms with Crippen LogP contribution in [0.2, 0.25) is 0 Å². The Balaban J connectivity index is 0.703. The Labute approximate surface area is 564 Å². The van der Waals surface area contributed by atoms with Crippen molar-refractivity contribution in [2.24, 2.45) is 0 Å². The first-order chi connectivity index (χ1) is 48.0. The Morgan fingerprint density at radius 2 is 0.602 bits per heavy atom. The normalized spacial score (nSPS) is 13.7.